The van der Waals surface area contributed by atoms with Crippen molar-refractivity contribution in [2.45, 2.75) is 40.5 Å². The summed E-state index contributed by atoms with van der Waals surface area (Å²) < 4.78 is 0. The molecule has 1 unspecified atom stereocenters. The summed E-state index contributed by atoms with van der Waals surface area (Å²) in [6.45, 7) is 12.5. The second kappa shape index (κ2) is 6.69. The first-order valence-electron chi connectivity index (χ1n) is 5.47. The summed E-state index contributed by atoms with van der Waals surface area (Å²) in [6, 6.07) is 0. The van der Waals surface area contributed by atoms with E-state index < -0.39 is 0 Å². The molecule has 1 atom stereocenters. The van der Waals surface area contributed by atoms with Gasteiger partial charge in [-0.05, 0) is 36.7 Å². The first-order valence-corrected chi connectivity index (χ1v) is 5.47. The highest BCUT2D eigenvalue weighted by Gasteiger charge is 2.13. The average Bonchev–Trinajstić information content (AvgIpc) is 2.00. The van der Waals surface area contributed by atoms with E-state index in [1.807, 2.05) is 6.08 Å². The first kappa shape index (κ1) is 13.3. The van der Waals surface area contributed by atoms with Crippen molar-refractivity contribution < 1.29 is 5.11 Å². The zero-order valence-electron chi connectivity index (χ0n) is 9.96. The lowest BCUT2D eigenvalue weighted by Crippen LogP contribution is -2.10. The molecule has 0 fully saturated rings. The minimum Gasteiger partial charge on any atom is -0.509 e. The summed E-state index contributed by atoms with van der Waals surface area (Å²) in [5.41, 5.74) is 0. The highest BCUT2D eigenvalue weighted by molar-refractivity contribution is 5.05. The third-order valence-corrected chi connectivity index (χ3v) is 2.47. The van der Waals surface area contributed by atoms with Gasteiger partial charge in [-0.25, -0.2) is 0 Å². The summed E-state index contributed by atoms with van der Waals surface area (Å²) in [4.78, 5) is 0. The van der Waals surface area contributed by atoms with Gasteiger partial charge >= 0.3 is 0 Å². The molecule has 1 N–H and O–H groups in total. The van der Waals surface area contributed by atoms with E-state index in [9.17, 15) is 0 Å². The maximum Gasteiger partial charge on any atom is 0.108 e. The molecule has 0 aliphatic heterocycles. The number of allylic oxidation sites excluding steroid dienone is 2. The maximum absolute atomic E-state index is 8.90. The van der Waals surface area contributed by atoms with Crippen LogP contribution in [0.25, 0.3) is 0 Å². The number of hydrogen-bond acceptors (Lipinski definition) is 1. The molecule has 14 heavy (non-hydrogen) atoms. The third-order valence-electron chi connectivity index (χ3n) is 2.47. The SMILES string of the molecule is C=C(O)/C=C\CC(CC(C)C)C(C)C. The van der Waals surface area contributed by atoms with E-state index in [1.54, 1.807) is 6.08 Å². The molecule has 0 aliphatic rings. The van der Waals surface area contributed by atoms with Crippen LogP contribution in [-0.2, 0) is 0 Å². The van der Waals surface area contributed by atoms with Crippen molar-refractivity contribution in [2.24, 2.45) is 17.8 Å². The Kier molecular flexibility index (Phi) is 6.35. The van der Waals surface area contributed by atoms with Gasteiger partial charge in [0.1, 0.15) is 5.76 Å². The molecule has 0 rings (SSSR count). The topological polar surface area (TPSA) is 20.2 Å². The van der Waals surface area contributed by atoms with E-state index in [1.165, 1.54) is 6.42 Å². The van der Waals surface area contributed by atoms with E-state index in [0.717, 1.165) is 12.3 Å². The minimum atomic E-state index is 0.150. The van der Waals surface area contributed by atoms with Gasteiger partial charge in [0, 0.05) is 0 Å². The Morgan fingerprint density at radius 1 is 1.29 bits per heavy atom. The molecule has 0 aromatic rings. The quantitative estimate of drug-likeness (QED) is 0.495. The smallest absolute Gasteiger partial charge is 0.108 e. The fourth-order valence-electron chi connectivity index (χ4n) is 1.62. The van der Waals surface area contributed by atoms with Crippen LogP contribution in [0.5, 0.6) is 0 Å². The van der Waals surface area contributed by atoms with Crippen molar-refractivity contribution >= 4 is 0 Å². The summed E-state index contributed by atoms with van der Waals surface area (Å²) in [6.07, 6.45) is 6.00. The highest BCUT2D eigenvalue weighted by atomic mass is 16.3. The van der Waals surface area contributed by atoms with Gasteiger partial charge in [-0.15, -0.1) is 0 Å². The Labute approximate surface area is 88.5 Å². The molecule has 0 spiro atoms. The molecule has 0 bridgehead atoms. The Bertz CT molecular complexity index is 189. The van der Waals surface area contributed by atoms with E-state index in [-0.39, 0.29) is 5.76 Å². The molecule has 0 aliphatic carbocycles. The van der Waals surface area contributed by atoms with Gasteiger partial charge in [-0.3, -0.25) is 0 Å². The Balaban J connectivity index is 4.03. The fraction of sp³-hybridized carbons (Fsp3) is 0.692. The molecule has 0 heterocycles. The number of aliphatic hydroxyl groups excluding tert-OH is 1. The highest BCUT2D eigenvalue weighted by Crippen LogP contribution is 2.23. The number of rotatable bonds is 6. The van der Waals surface area contributed by atoms with E-state index in [4.69, 9.17) is 5.11 Å². The minimum absolute atomic E-state index is 0.150. The van der Waals surface area contributed by atoms with E-state index >= 15 is 0 Å². The Morgan fingerprint density at radius 3 is 2.21 bits per heavy atom. The molecule has 0 amide bonds. The van der Waals surface area contributed by atoms with Crippen LogP contribution in [0, 0.1) is 17.8 Å². The van der Waals surface area contributed by atoms with Crippen LogP contribution in [0.4, 0.5) is 0 Å². The van der Waals surface area contributed by atoms with Crippen LogP contribution in [0.3, 0.4) is 0 Å². The Morgan fingerprint density at radius 2 is 1.86 bits per heavy atom. The first-order chi connectivity index (χ1) is 6.43. The van der Waals surface area contributed by atoms with E-state index in [0.29, 0.717) is 11.8 Å². The maximum atomic E-state index is 8.90. The zero-order valence-corrected chi connectivity index (χ0v) is 9.96. The van der Waals surface area contributed by atoms with Crippen LogP contribution >= 0.6 is 0 Å². The summed E-state index contributed by atoms with van der Waals surface area (Å²) in [5.74, 6) is 2.31. The van der Waals surface area contributed by atoms with Gasteiger partial charge in [0.15, 0.2) is 0 Å². The second-order valence-electron chi connectivity index (χ2n) is 4.76. The third kappa shape index (κ3) is 6.76. The molecule has 0 radical (unpaired) electrons. The predicted molar refractivity (Wildman–Crippen MR) is 63.3 cm³/mol. The van der Waals surface area contributed by atoms with Crippen molar-refractivity contribution in [1.82, 2.24) is 0 Å². The van der Waals surface area contributed by atoms with Gasteiger partial charge < -0.3 is 5.11 Å². The summed E-state index contributed by atoms with van der Waals surface area (Å²) in [5, 5.41) is 8.90. The van der Waals surface area contributed by atoms with Crippen molar-refractivity contribution in [3.05, 3.63) is 24.5 Å². The summed E-state index contributed by atoms with van der Waals surface area (Å²) in [7, 11) is 0. The Hall–Kier alpha value is -0.720. The second-order valence-corrected chi connectivity index (χ2v) is 4.76. The lowest BCUT2D eigenvalue weighted by Gasteiger charge is -2.21. The molecular weight excluding hydrogens is 172 g/mol. The van der Waals surface area contributed by atoms with Gasteiger partial charge in [-0.2, -0.15) is 0 Å². The number of aliphatic hydroxyl groups is 1. The normalized spacial score (nSPS) is 14.1. The average molecular weight is 196 g/mol. The molecule has 82 valence electrons. The van der Waals surface area contributed by atoms with Crippen LogP contribution in [0.2, 0.25) is 0 Å². The largest absolute Gasteiger partial charge is 0.509 e. The molecule has 1 heteroatoms. The lowest BCUT2D eigenvalue weighted by atomic mass is 9.85. The van der Waals surface area contributed by atoms with Crippen LogP contribution in [-0.4, -0.2) is 5.11 Å². The van der Waals surface area contributed by atoms with Gasteiger partial charge in [0.05, 0.1) is 0 Å². The zero-order chi connectivity index (χ0) is 11.1. The van der Waals surface area contributed by atoms with E-state index in [2.05, 4.69) is 34.3 Å². The molecule has 0 saturated heterocycles. The predicted octanol–water partition coefficient (Wildman–Crippen LogP) is 4.32. The molecule has 0 aromatic carbocycles. The number of hydrogen-bond donors (Lipinski definition) is 1. The molecular formula is C13H24O. The summed E-state index contributed by atoms with van der Waals surface area (Å²) >= 11 is 0. The van der Waals surface area contributed by atoms with Crippen LogP contribution in [0.15, 0.2) is 24.5 Å². The molecule has 0 saturated carbocycles. The van der Waals surface area contributed by atoms with Gasteiger partial charge in [-0.1, -0.05) is 40.3 Å². The fourth-order valence-corrected chi connectivity index (χ4v) is 1.62. The van der Waals surface area contributed by atoms with Crippen LogP contribution < -0.4 is 0 Å². The van der Waals surface area contributed by atoms with Crippen molar-refractivity contribution in [3.63, 3.8) is 0 Å². The van der Waals surface area contributed by atoms with Gasteiger partial charge in [0.25, 0.3) is 0 Å². The molecule has 1 nitrogen and oxygen atoms in total. The lowest BCUT2D eigenvalue weighted by molar-refractivity contribution is 0.319. The van der Waals surface area contributed by atoms with Crippen molar-refractivity contribution in [2.75, 3.05) is 0 Å². The van der Waals surface area contributed by atoms with Crippen molar-refractivity contribution in [1.29, 1.82) is 0 Å². The van der Waals surface area contributed by atoms with Gasteiger partial charge in [0.2, 0.25) is 0 Å². The van der Waals surface area contributed by atoms with Crippen molar-refractivity contribution in [3.8, 4) is 0 Å². The molecule has 0 aromatic heterocycles. The standard InChI is InChI=1S/C13H24O/c1-10(2)9-13(11(3)4)8-6-7-12(5)14/h6-7,10-11,13-14H,5,8-9H2,1-4H3/b7-6-. The van der Waals surface area contributed by atoms with Crippen LogP contribution in [0.1, 0.15) is 40.5 Å². The monoisotopic (exact) mass is 196 g/mol.